The molecule has 0 heterocycles. The van der Waals surface area contributed by atoms with E-state index in [9.17, 15) is 0 Å². The van der Waals surface area contributed by atoms with Gasteiger partial charge in [-0.05, 0) is 36.6 Å². The molecule has 0 aliphatic carbocycles. The van der Waals surface area contributed by atoms with Crippen LogP contribution in [-0.2, 0) is 0 Å². The number of amidine groups is 1. The van der Waals surface area contributed by atoms with Crippen LogP contribution in [0.5, 0.6) is 11.5 Å². The zero-order valence-electron chi connectivity index (χ0n) is 11.5. The van der Waals surface area contributed by atoms with Crippen LogP contribution in [0.15, 0.2) is 47.5 Å². The lowest BCUT2D eigenvalue weighted by Gasteiger charge is -2.10. The lowest BCUT2D eigenvalue weighted by molar-refractivity contribution is 0.484. The molecular formula is C15H11Cl2N3OS. The molecule has 0 fully saturated rings. The van der Waals surface area contributed by atoms with Crippen molar-refractivity contribution >= 4 is 45.8 Å². The summed E-state index contributed by atoms with van der Waals surface area (Å²) in [5.41, 5.74) is 0.500. The van der Waals surface area contributed by atoms with Crippen molar-refractivity contribution < 1.29 is 4.74 Å². The van der Waals surface area contributed by atoms with E-state index in [4.69, 9.17) is 33.2 Å². The van der Waals surface area contributed by atoms with Crippen LogP contribution in [-0.4, -0.2) is 11.4 Å². The number of benzene rings is 2. The normalized spacial score (nSPS) is 10.9. The molecule has 22 heavy (non-hydrogen) atoms. The third-order valence-corrected chi connectivity index (χ3v) is 3.68. The van der Waals surface area contributed by atoms with Gasteiger partial charge in [0.05, 0.1) is 5.02 Å². The molecule has 112 valence electrons. The molecule has 4 nitrogen and oxygen atoms in total. The molecule has 0 radical (unpaired) electrons. The van der Waals surface area contributed by atoms with Gasteiger partial charge in [0.25, 0.3) is 0 Å². The van der Waals surface area contributed by atoms with Gasteiger partial charge in [-0.1, -0.05) is 47.1 Å². The van der Waals surface area contributed by atoms with E-state index in [1.807, 2.05) is 24.6 Å². The van der Waals surface area contributed by atoms with Crippen LogP contribution >= 0.6 is 35.0 Å². The summed E-state index contributed by atoms with van der Waals surface area (Å²) in [6, 6.07) is 12.2. The Bertz CT molecular complexity index is 744. The van der Waals surface area contributed by atoms with Gasteiger partial charge < -0.3 is 4.74 Å². The molecular weight excluding hydrogens is 341 g/mol. The molecule has 0 saturated carbocycles. The van der Waals surface area contributed by atoms with Gasteiger partial charge in [-0.3, -0.25) is 5.32 Å². The van der Waals surface area contributed by atoms with E-state index in [1.165, 1.54) is 11.8 Å². The number of rotatable bonds is 3. The molecule has 0 atom stereocenters. The molecule has 0 unspecified atom stereocenters. The maximum atomic E-state index is 8.71. The van der Waals surface area contributed by atoms with Gasteiger partial charge >= 0.3 is 0 Å². The maximum absolute atomic E-state index is 8.71. The van der Waals surface area contributed by atoms with Gasteiger partial charge in [-0.2, -0.15) is 5.26 Å². The quantitative estimate of drug-likeness (QED) is 0.357. The summed E-state index contributed by atoms with van der Waals surface area (Å²) in [6.45, 7) is 0. The highest BCUT2D eigenvalue weighted by Crippen LogP contribution is 2.37. The molecule has 0 aliphatic heterocycles. The number of ether oxygens (including phenoxy) is 1. The first-order valence-electron chi connectivity index (χ1n) is 6.13. The first kappa shape index (κ1) is 16.5. The number of hydrogen-bond donors (Lipinski definition) is 1. The largest absolute Gasteiger partial charge is 0.454 e. The number of aliphatic imine (C=N–C) groups is 1. The number of nitrogens with one attached hydrogen (secondary N) is 1. The van der Waals surface area contributed by atoms with Gasteiger partial charge in [0, 0.05) is 5.02 Å². The van der Waals surface area contributed by atoms with Crippen LogP contribution in [0, 0.1) is 11.5 Å². The van der Waals surface area contributed by atoms with E-state index in [0.29, 0.717) is 32.4 Å². The zero-order chi connectivity index (χ0) is 15.9. The average Bonchev–Trinajstić information content (AvgIpc) is 2.51. The third-order valence-electron chi connectivity index (χ3n) is 2.56. The minimum absolute atomic E-state index is 0.439. The molecule has 1 N–H and O–H groups in total. The van der Waals surface area contributed by atoms with Crippen LogP contribution in [0.25, 0.3) is 0 Å². The molecule has 0 aromatic heterocycles. The highest BCUT2D eigenvalue weighted by Gasteiger charge is 2.09. The van der Waals surface area contributed by atoms with Gasteiger partial charge in [-0.15, -0.1) is 0 Å². The number of thioether (sulfide) groups is 1. The predicted octanol–water partition coefficient (Wildman–Crippen LogP) is 5.21. The SMILES string of the molecule is CSC(=Nc1cc(Cl)ccc1Oc1ccccc1Cl)NC#N. The monoisotopic (exact) mass is 351 g/mol. The van der Waals surface area contributed by atoms with Crippen molar-refractivity contribution in [3.63, 3.8) is 0 Å². The number of nitrogens with zero attached hydrogens (tertiary/aromatic N) is 2. The topological polar surface area (TPSA) is 57.4 Å². The molecule has 2 aromatic rings. The Morgan fingerprint density at radius 3 is 2.68 bits per heavy atom. The second-order valence-corrected chi connectivity index (χ2v) is 5.64. The van der Waals surface area contributed by atoms with Crippen LogP contribution in [0.3, 0.4) is 0 Å². The molecule has 2 rings (SSSR count). The fraction of sp³-hybridized carbons (Fsp3) is 0.0667. The van der Waals surface area contributed by atoms with E-state index in [2.05, 4.69) is 10.3 Å². The summed E-state index contributed by atoms with van der Waals surface area (Å²) in [5.74, 6) is 1.01. The highest BCUT2D eigenvalue weighted by molar-refractivity contribution is 8.13. The smallest absolute Gasteiger partial charge is 0.183 e. The minimum atomic E-state index is 0.439. The van der Waals surface area contributed by atoms with Gasteiger partial charge in [-0.25, -0.2) is 4.99 Å². The first-order chi connectivity index (χ1) is 10.6. The zero-order valence-corrected chi connectivity index (χ0v) is 13.8. The van der Waals surface area contributed by atoms with Gasteiger partial charge in [0.15, 0.2) is 17.1 Å². The van der Waals surface area contributed by atoms with Crippen LogP contribution in [0.1, 0.15) is 0 Å². The second kappa shape index (κ2) is 7.95. The fourth-order valence-corrected chi connectivity index (χ4v) is 2.27. The van der Waals surface area contributed by atoms with E-state index in [0.717, 1.165) is 0 Å². The van der Waals surface area contributed by atoms with Crippen molar-refractivity contribution in [3.8, 4) is 17.7 Å². The molecule has 0 aliphatic rings. The summed E-state index contributed by atoms with van der Waals surface area (Å²) in [7, 11) is 0. The molecule has 7 heteroatoms. The Morgan fingerprint density at radius 2 is 2.00 bits per heavy atom. The number of nitriles is 1. The van der Waals surface area contributed by atoms with Gasteiger partial charge in [0.1, 0.15) is 11.4 Å². The number of para-hydroxylation sites is 1. The van der Waals surface area contributed by atoms with Crippen molar-refractivity contribution in [1.82, 2.24) is 5.32 Å². The third kappa shape index (κ3) is 4.31. The highest BCUT2D eigenvalue weighted by atomic mass is 35.5. The van der Waals surface area contributed by atoms with Crippen molar-refractivity contribution in [2.75, 3.05) is 6.26 Å². The Labute approximate surface area is 142 Å². The van der Waals surface area contributed by atoms with Crippen molar-refractivity contribution in [1.29, 1.82) is 5.26 Å². The van der Waals surface area contributed by atoms with Crippen molar-refractivity contribution in [2.24, 2.45) is 4.99 Å². The lowest BCUT2D eigenvalue weighted by Crippen LogP contribution is -2.12. The van der Waals surface area contributed by atoms with E-state index >= 15 is 0 Å². The summed E-state index contributed by atoms with van der Waals surface area (Å²) in [4.78, 5) is 4.35. The van der Waals surface area contributed by atoms with Gasteiger partial charge in [0.2, 0.25) is 0 Å². The molecule has 0 spiro atoms. The Balaban J connectivity index is 2.40. The van der Waals surface area contributed by atoms with Crippen LogP contribution < -0.4 is 10.1 Å². The Hall–Kier alpha value is -1.87. The number of hydrogen-bond acceptors (Lipinski definition) is 4. The molecule has 0 amide bonds. The Morgan fingerprint density at radius 1 is 1.23 bits per heavy atom. The van der Waals surface area contributed by atoms with E-state index in [1.54, 1.807) is 30.3 Å². The number of halogens is 2. The maximum Gasteiger partial charge on any atom is 0.183 e. The Kier molecular flexibility index (Phi) is 5.96. The minimum Gasteiger partial charge on any atom is -0.454 e. The lowest BCUT2D eigenvalue weighted by atomic mass is 10.3. The summed E-state index contributed by atoms with van der Waals surface area (Å²) in [5, 5.41) is 12.7. The van der Waals surface area contributed by atoms with Crippen LogP contribution in [0.2, 0.25) is 10.0 Å². The summed E-state index contributed by atoms with van der Waals surface area (Å²) in [6.07, 6.45) is 3.64. The van der Waals surface area contributed by atoms with E-state index in [-0.39, 0.29) is 0 Å². The fourth-order valence-electron chi connectivity index (χ4n) is 1.59. The predicted molar refractivity (Wildman–Crippen MR) is 92.3 cm³/mol. The van der Waals surface area contributed by atoms with Crippen LogP contribution in [0.4, 0.5) is 5.69 Å². The summed E-state index contributed by atoms with van der Waals surface area (Å²) >= 11 is 13.4. The average molecular weight is 352 g/mol. The molecule has 2 aromatic carbocycles. The summed E-state index contributed by atoms with van der Waals surface area (Å²) < 4.78 is 5.80. The molecule has 0 saturated heterocycles. The standard InChI is InChI=1S/C15H11Cl2N3OS/c1-22-15(19-9-18)20-12-8-10(16)6-7-14(12)21-13-5-3-2-4-11(13)17/h2-8H,1H3,(H,19,20). The van der Waals surface area contributed by atoms with Crippen molar-refractivity contribution in [2.45, 2.75) is 0 Å². The van der Waals surface area contributed by atoms with E-state index < -0.39 is 0 Å². The first-order valence-corrected chi connectivity index (χ1v) is 8.12. The molecule has 0 bridgehead atoms. The van der Waals surface area contributed by atoms with Crippen molar-refractivity contribution in [3.05, 3.63) is 52.5 Å². The second-order valence-electron chi connectivity index (χ2n) is 4.00.